The first-order valence-corrected chi connectivity index (χ1v) is 6.74. The summed E-state index contributed by atoms with van der Waals surface area (Å²) in [6.45, 7) is 4.96. The van der Waals surface area contributed by atoms with Gasteiger partial charge in [0, 0.05) is 18.6 Å². The molecule has 0 aromatic heterocycles. The molecule has 0 saturated heterocycles. The Morgan fingerprint density at radius 2 is 2.12 bits per heavy atom. The highest BCUT2D eigenvalue weighted by atomic mass is 16.3. The Bertz CT molecular complexity index is 218. The van der Waals surface area contributed by atoms with E-state index < -0.39 is 0 Å². The number of hydrogen-bond donors (Lipinski definition) is 2. The first-order valence-electron chi connectivity index (χ1n) is 6.74. The smallest absolute Gasteiger partial charge is 0.0585 e. The fraction of sp³-hybridized carbons (Fsp3) is 1.00. The lowest BCUT2D eigenvalue weighted by Crippen LogP contribution is -2.37. The van der Waals surface area contributed by atoms with Crippen molar-refractivity contribution >= 4 is 0 Å². The first-order chi connectivity index (χ1) is 7.69. The summed E-state index contributed by atoms with van der Waals surface area (Å²) in [4.78, 5) is 2.42. The summed E-state index contributed by atoms with van der Waals surface area (Å²) in [5, 5.41) is 12.8. The van der Waals surface area contributed by atoms with Gasteiger partial charge in [0.15, 0.2) is 0 Å². The maximum atomic E-state index is 9.27. The first kappa shape index (κ1) is 12.3. The molecule has 2 fully saturated rings. The lowest BCUT2D eigenvalue weighted by molar-refractivity contribution is 0.214. The van der Waals surface area contributed by atoms with Crippen LogP contribution in [0.3, 0.4) is 0 Å². The number of hydrogen-bond acceptors (Lipinski definition) is 3. The maximum absolute atomic E-state index is 9.27. The molecule has 3 unspecified atom stereocenters. The van der Waals surface area contributed by atoms with E-state index in [9.17, 15) is 5.11 Å². The minimum atomic E-state index is 0.282. The van der Waals surface area contributed by atoms with Crippen LogP contribution < -0.4 is 5.32 Å². The number of aliphatic hydroxyl groups excluding tert-OH is 1. The van der Waals surface area contributed by atoms with Gasteiger partial charge in [-0.2, -0.15) is 0 Å². The van der Waals surface area contributed by atoms with E-state index in [2.05, 4.69) is 24.2 Å². The highest BCUT2D eigenvalue weighted by Gasteiger charge is 2.33. The summed E-state index contributed by atoms with van der Waals surface area (Å²) >= 11 is 0. The Morgan fingerprint density at radius 3 is 2.62 bits per heavy atom. The van der Waals surface area contributed by atoms with Gasteiger partial charge in [0.1, 0.15) is 0 Å². The van der Waals surface area contributed by atoms with Gasteiger partial charge in [-0.3, -0.25) is 0 Å². The third kappa shape index (κ3) is 4.04. The Balaban J connectivity index is 1.56. The van der Waals surface area contributed by atoms with Crippen molar-refractivity contribution in [3.05, 3.63) is 0 Å². The van der Waals surface area contributed by atoms with Gasteiger partial charge in [0.25, 0.3) is 0 Å². The predicted molar refractivity (Wildman–Crippen MR) is 66.4 cm³/mol. The minimum absolute atomic E-state index is 0.282. The summed E-state index contributed by atoms with van der Waals surface area (Å²) in [6, 6.07) is 1.01. The van der Waals surface area contributed by atoms with Crippen molar-refractivity contribution in [2.24, 2.45) is 11.8 Å². The van der Waals surface area contributed by atoms with E-state index in [4.69, 9.17) is 0 Å². The highest BCUT2D eigenvalue weighted by molar-refractivity contribution is 4.86. The van der Waals surface area contributed by atoms with Crippen LogP contribution in [-0.2, 0) is 0 Å². The van der Waals surface area contributed by atoms with Crippen molar-refractivity contribution in [2.75, 3.05) is 26.7 Å². The molecule has 0 aromatic rings. The molecule has 0 spiro atoms. The SMILES string of the molecule is CC1CC1CN(C)CCC(CO)NC1CC1. The van der Waals surface area contributed by atoms with Gasteiger partial charge in [-0.15, -0.1) is 0 Å². The normalized spacial score (nSPS) is 30.8. The van der Waals surface area contributed by atoms with E-state index in [0.717, 1.165) is 24.8 Å². The maximum Gasteiger partial charge on any atom is 0.0585 e. The largest absolute Gasteiger partial charge is 0.395 e. The van der Waals surface area contributed by atoms with Crippen molar-refractivity contribution in [3.63, 3.8) is 0 Å². The monoisotopic (exact) mass is 226 g/mol. The molecule has 3 atom stereocenters. The predicted octanol–water partition coefficient (Wildman–Crippen LogP) is 1.08. The Morgan fingerprint density at radius 1 is 1.44 bits per heavy atom. The molecule has 3 nitrogen and oxygen atoms in total. The third-order valence-electron chi connectivity index (χ3n) is 3.95. The number of nitrogens with zero attached hydrogens (tertiary/aromatic N) is 1. The van der Waals surface area contributed by atoms with Gasteiger partial charge >= 0.3 is 0 Å². The van der Waals surface area contributed by atoms with Crippen LogP contribution in [-0.4, -0.2) is 48.8 Å². The molecule has 2 aliphatic carbocycles. The molecule has 2 aliphatic rings. The Labute approximate surface area is 99.2 Å². The lowest BCUT2D eigenvalue weighted by Gasteiger charge is -2.21. The van der Waals surface area contributed by atoms with Crippen LogP contribution in [0.4, 0.5) is 0 Å². The van der Waals surface area contributed by atoms with E-state index in [0.29, 0.717) is 12.1 Å². The van der Waals surface area contributed by atoms with Crippen molar-refractivity contribution < 1.29 is 5.11 Å². The molecule has 2 rings (SSSR count). The second-order valence-electron chi connectivity index (χ2n) is 5.84. The molecule has 0 bridgehead atoms. The zero-order chi connectivity index (χ0) is 11.5. The van der Waals surface area contributed by atoms with E-state index in [1.165, 1.54) is 25.8 Å². The molecule has 94 valence electrons. The molecule has 0 aromatic carbocycles. The molecule has 0 aliphatic heterocycles. The second-order valence-corrected chi connectivity index (χ2v) is 5.84. The molecule has 0 heterocycles. The zero-order valence-electron chi connectivity index (χ0n) is 10.7. The van der Waals surface area contributed by atoms with Crippen LogP contribution in [0.2, 0.25) is 0 Å². The molecule has 2 N–H and O–H groups in total. The van der Waals surface area contributed by atoms with Crippen LogP contribution in [0.1, 0.15) is 32.6 Å². The van der Waals surface area contributed by atoms with E-state index in [1.54, 1.807) is 0 Å². The molecule has 2 saturated carbocycles. The van der Waals surface area contributed by atoms with Crippen LogP contribution >= 0.6 is 0 Å². The van der Waals surface area contributed by atoms with Crippen LogP contribution in [0.15, 0.2) is 0 Å². The zero-order valence-corrected chi connectivity index (χ0v) is 10.7. The van der Waals surface area contributed by atoms with Gasteiger partial charge in [-0.05, 0) is 51.1 Å². The summed E-state index contributed by atoms with van der Waals surface area (Å²) in [5.41, 5.74) is 0. The van der Waals surface area contributed by atoms with Crippen LogP contribution in [0, 0.1) is 11.8 Å². The summed E-state index contributed by atoms with van der Waals surface area (Å²) in [7, 11) is 2.20. The van der Waals surface area contributed by atoms with Crippen molar-refractivity contribution in [2.45, 2.75) is 44.7 Å². The fourth-order valence-electron chi connectivity index (χ4n) is 2.33. The van der Waals surface area contributed by atoms with Gasteiger partial charge in [0.2, 0.25) is 0 Å². The van der Waals surface area contributed by atoms with Crippen LogP contribution in [0.5, 0.6) is 0 Å². The van der Waals surface area contributed by atoms with Gasteiger partial charge in [0.05, 0.1) is 6.61 Å². The number of rotatable bonds is 8. The number of aliphatic hydroxyl groups is 1. The molecule has 16 heavy (non-hydrogen) atoms. The second kappa shape index (κ2) is 5.48. The van der Waals surface area contributed by atoms with Crippen molar-refractivity contribution in [1.29, 1.82) is 0 Å². The average molecular weight is 226 g/mol. The standard InChI is InChI=1S/C13H26N2O/c1-10-7-11(10)8-15(2)6-5-13(9-16)14-12-3-4-12/h10-14,16H,3-9H2,1-2H3. The van der Waals surface area contributed by atoms with E-state index >= 15 is 0 Å². The van der Waals surface area contributed by atoms with E-state index in [1.807, 2.05) is 0 Å². The third-order valence-corrected chi connectivity index (χ3v) is 3.95. The van der Waals surface area contributed by atoms with Gasteiger partial charge in [-0.1, -0.05) is 6.92 Å². The summed E-state index contributed by atoms with van der Waals surface area (Å²) in [6.07, 6.45) is 5.08. The van der Waals surface area contributed by atoms with Crippen molar-refractivity contribution in [1.82, 2.24) is 10.2 Å². The Kier molecular flexibility index (Phi) is 4.22. The molecule has 0 radical (unpaired) electrons. The molecular weight excluding hydrogens is 200 g/mol. The summed E-state index contributed by atoms with van der Waals surface area (Å²) in [5.74, 6) is 1.88. The lowest BCUT2D eigenvalue weighted by atomic mass is 10.2. The summed E-state index contributed by atoms with van der Waals surface area (Å²) < 4.78 is 0. The fourth-order valence-corrected chi connectivity index (χ4v) is 2.33. The van der Waals surface area contributed by atoms with Gasteiger partial charge < -0.3 is 15.3 Å². The molecule has 3 heteroatoms. The quantitative estimate of drug-likeness (QED) is 0.650. The van der Waals surface area contributed by atoms with Gasteiger partial charge in [-0.25, -0.2) is 0 Å². The average Bonchev–Trinajstić information content (AvgIpc) is 3.14. The molecule has 0 amide bonds. The minimum Gasteiger partial charge on any atom is -0.395 e. The van der Waals surface area contributed by atoms with E-state index in [-0.39, 0.29) is 6.61 Å². The van der Waals surface area contributed by atoms with Crippen LogP contribution in [0.25, 0.3) is 0 Å². The topological polar surface area (TPSA) is 35.5 Å². The Hall–Kier alpha value is -0.120. The highest BCUT2D eigenvalue weighted by Crippen LogP contribution is 2.37. The number of nitrogens with one attached hydrogen (secondary N) is 1. The molecular formula is C13H26N2O. The van der Waals surface area contributed by atoms with Crippen molar-refractivity contribution in [3.8, 4) is 0 Å².